The molecular formula is C14H17F2NO2. The number of hydrogen-bond donors (Lipinski definition) is 1. The molecule has 1 unspecified atom stereocenters. The van der Waals surface area contributed by atoms with Gasteiger partial charge in [-0.3, -0.25) is 9.69 Å². The third-order valence-corrected chi connectivity index (χ3v) is 3.59. The molecule has 0 radical (unpaired) electrons. The van der Waals surface area contributed by atoms with E-state index in [0.29, 0.717) is 6.54 Å². The molecule has 19 heavy (non-hydrogen) atoms. The summed E-state index contributed by atoms with van der Waals surface area (Å²) in [7, 11) is 0. The standard InChI is InChI=1S/C14H17F2NO2/c15-12-5-1-4-11(14(12)16)13(19)6-8-17-7-2-3-10(17)9-18/h1,4-5,10,18H,2-3,6-9H2. The molecule has 1 aliphatic heterocycles. The van der Waals surface area contributed by atoms with Crippen LogP contribution in [-0.2, 0) is 0 Å². The largest absolute Gasteiger partial charge is 0.395 e. The van der Waals surface area contributed by atoms with E-state index < -0.39 is 17.4 Å². The molecule has 1 N–H and O–H groups in total. The van der Waals surface area contributed by atoms with Crippen LogP contribution < -0.4 is 0 Å². The third kappa shape index (κ3) is 3.16. The second-order valence-electron chi connectivity index (χ2n) is 4.79. The van der Waals surface area contributed by atoms with Crippen LogP contribution >= 0.6 is 0 Å². The Morgan fingerprint density at radius 2 is 2.21 bits per heavy atom. The van der Waals surface area contributed by atoms with Crippen molar-refractivity contribution in [3.63, 3.8) is 0 Å². The van der Waals surface area contributed by atoms with Crippen LogP contribution in [0.5, 0.6) is 0 Å². The van der Waals surface area contributed by atoms with E-state index in [0.717, 1.165) is 25.5 Å². The molecule has 5 heteroatoms. The number of carbonyl (C=O) groups excluding carboxylic acids is 1. The van der Waals surface area contributed by atoms with E-state index in [1.165, 1.54) is 12.1 Å². The molecule has 1 aliphatic rings. The molecule has 2 rings (SSSR count). The predicted molar refractivity (Wildman–Crippen MR) is 67.0 cm³/mol. The molecule has 1 aromatic rings. The minimum atomic E-state index is -1.08. The summed E-state index contributed by atoms with van der Waals surface area (Å²) in [5.41, 5.74) is -0.195. The first kappa shape index (κ1) is 14.1. The number of likely N-dealkylation sites (tertiary alicyclic amines) is 1. The Kier molecular flexibility index (Phi) is 4.61. The minimum Gasteiger partial charge on any atom is -0.395 e. The van der Waals surface area contributed by atoms with Crippen LogP contribution in [0.2, 0.25) is 0 Å². The first-order valence-corrected chi connectivity index (χ1v) is 6.45. The van der Waals surface area contributed by atoms with Crippen LogP contribution in [0.1, 0.15) is 29.6 Å². The smallest absolute Gasteiger partial charge is 0.169 e. The highest BCUT2D eigenvalue weighted by atomic mass is 19.2. The van der Waals surface area contributed by atoms with Crippen molar-refractivity contribution >= 4 is 5.78 Å². The van der Waals surface area contributed by atoms with Gasteiger partial charge in [0.25, 0.3) is 0 Å². The predicted octanol–water partition coefficient (Wildman–Crippen LogP) is 1.99. The SMILES string of the molecule is O=C(CCN1CCCC1CO)c1cccc(F)c1F. The maximum Gasteiger partial charge on any atom is 0.169 e. The summed E-state index contributed by atoms with van der Waals surface area (Å²) in [5.74, 6) is -2.48. The van der Waals surface area contributed by atoms with Gasteiger partial charge in [0, 0.05) is 19.0 Å². The highest BCUT2D eigenvalue weighted by Crippen LogP contribution is 2.18. The van der Waals surface area contributed by atoms with Crippen molar-refractivity contribution in [1.29, 1.82) is 0 Å². The number of halogens is 2. The van der Waals surface area contributed by atoms with Crippen molar-refractivity contribution < 1.29 is 18.7 Å². The van der Waals surface area contributed by atoms with Crippen molar-refractivity contribution in [2.24, 2.45) is 0 Å². The monoisotopic (exact) mass is 269 g/mol. The van der Waals surface area contributed by atoms with Crippen LogP contribution in [0.4, 0.5) is 8.78 Å². The zero-order valence-corrected chi connectivity index (χ0v) is 10.6. The number of benzene rings is 1. The van der Waals surface area contributed by atoms with Gasteiger partial charge in [0.2, 0.25) is 0 Å². The minimum absolute atomic E-state index is 0.0719. The average molecular weight is 269 g/mol. The van der Waals surface area contributed by atoms with Gasteiger partial charge in [-0.1, -0.05) is 6.07 Å². The van der Waals surface area contributed by atoms with Gasteiger partial charge in [0.05, 0.1) is 12.2 Å². The number of aliphatic hydroxyl groups is 1. The van der Waals surface area contributed by atoms with E-state index in [4.69, 9.17) is 5.11 Å². The molecule has 0 bridgehead atoms. The summed E-state index contributed by atoms with van der Waals surface area (Å²) >= 11 is 0. The number of carbonyl (C=O) groups is 1. The van der Waals surface area contributed by atoms with Gasteiger partial charge in [0.15, 0.2) is 17.4 Å². The van der Waals surface area contributed by atoms with E-state index in [-0.39, 0.29) is 24.6 Å². The highest BCUT2D eigenvalue weighted by Gasteiger charge is 2.24. The molecule has 104 valence electrons. The van der Waals surface area contributed by atoms with Gasteiger partial charge in [-0.2, -0.15) is 0 Å². The molecule has 1 aromatic carbocycles. The molecule has 1 heterocycles. The molecule has 0 aliphatic carbocycles. The molecule has 1 fully saturated rings. The van der Waals surface area contributed by atoms with E-state index in [1.54, 1.807) is 0 Å². The second-order valence-corrected chi connectivity index (χ2v) is 4.79. The maximum atomic E-state index is 13.4. The first-order chi connectivity index (χ1) is 9.13. The Balaban J connectivity index is 1.96. The van der Waals surface area contributed by atoms with Crippen molar-refractivity contribution in [2.45, 2.75) is 25.3 Å². The van der Waals surface area contributed by atoms with Gasteiger partial charge in [-0.25, -0.2) is 8.78 Å². The summed E-state index contributed by atoms with van der Waals surface area (Å²) in [6.07, 6.45) is 2.05. The molecular weight excluding hydrogens is 252 g/mol. The number of hydrogen-bond acceptors (Lipinski definition) is 3. The number of aliphatic hydroxyl groups excluding tert-OH is 1. The number of Topliss-reactive ketones (excluding diaryl/α,β-unsaturated/α-hetero) is 1. The number of ketones is 1. The summed E-state index contributed by atoms with van der Waals surface area (Å²) in [6.45, 7) is 1.38. The molecule has 1 saturated heterocycles. The maximum absolute atomic E-state index is 13.4. The van der Waals surface area contributed by atoms with E-state index in [2.05, 4.69) is 0 Å². The lowest BCUT2D eigenvalue weighted by Crippen LogP contribution is -2.34. The highest BCUT2D eigenvalue weighted by molar-refractivity contribution is 5.96. The van der Waals surface area contributed by atoms with Gasteiger partial charge in [-0.15, -0.1) is 0 Å². The van der Waals surface area contributed by atoms with Crippen molar-refractivity contribution in [3.8, 4) is 0 Å². The zero-order chi connectivity index (χ0) is 13.8. The van der Waals surface area contributed by atoms with E-state index in [1.807, 2.05) is 4.90 Å². The number of nitrogens with zero attached hydrogens (tertiary/aromatic N) is 1. The summed E-state index contributed by atoms with van der Waals surface area (Å²) in [6, 6.07) is 3.71. The van der Waals surface area contributed by atoms with Crippen LogP contribution in [0.15, 0.2) is 18.2 Å². The summed E-state index contributed by atoms with van der Waals surface area (Å²) in [4.78, 5) is 13.9. The second kappa shape index (κ2) is 6.21. The normalized spacial score (nSPS) is 19.8. The van der Waals surface area contributed by atoms with E-state index in [9.17, 15) is 13.6 Å². The lowest BCUT2D eigenvalue weighted by molar-refractivity contribution is 0.0941. The van der Waals surface area contributed by atoms with E-state index >= 15 is 0 Å². The topological polar surface area (TPSA) is 40.5 Å². The Morgan fingerprint density at radius 1 is 1.42 bits per heavy atom. The molecule has 3 nitrogen and oxygen atoms in total. The van der Waals surface area contributed by atoms with Gasteiger partial charge in [-0.05, 0) is 31.5 Å². The fourth-order valence-corrected chi connectivity index (χ4v) is 2.50. The summed E-state index contributed by atoms with van der Waals surface area (Å²) < 4.78 is 26.5. The number of rotatable bonds is 5. The van der Waals surface area contributed by atoms with Crippen molar-refractivity contribution in [1.82, 2.24) is 4.90 Å². The molecule has 0 aromatic heterocycles. The van der Waals surface area contributed by atoms with Crippen LogP contribution in [0.3, 0.4) is 0 Å². The quantitative estimate of drug-likeness (QED) is 0.831. The first-order valence-electron chi connectivity index (χ1n) is 6.45. The average Bonchev–Trinajstić information content (AvgIpc) is 2.86. The Labute approximate surface area is 110 Å². The van der Waals surface area contributed by atoms with Gasteiger partial charge >= 0.3 is 0 Å². The van der Waals surface area contributed by atoms with Crippen molar-refractivity contribution in [2.75, 3.05) is 19.7 Å². The molecule has 1 atom stereocenters. The fourth-order valence-electron chi connectivity index (χ4n) is 2.50. The molecule has 0 amide bonds. The zero-order valence-electron chi connectivity index (χ0n) is 10.6. The Bertz CT molecular complexity index is 465. The van der Waals surface area contributed by atoms with Crippen LogP contribution in [0, 0.1) is 11.6 Å². The summed E-state index contributed by atoms with van der Waals surface area (Å²) in [5, 5.41) is 9.16. The third-order valence-electron chi connectivity index (χ3n) is 3.59. The molecule has 0 spiro atoms. The Morgan fingerprint density at radius 3 is 2.95 bits per heavy atom. The lowest BCUT2D eigenvalue weighted by atomic mass is 10.1. The van der Waals surface area contributed by atoms with Gasteiger partial charge in [0.1, 0.15) is 0 Å². The van der Waals surface area contributed by atoms with Crippen LogP contribution in [-0.4, -0.2) is 41.5 Å². The van der Waals surface area contributed by atoms with Crippen LogP contribution in [0.25, 0.3) is 0 Å². The fraction of sp³-hybridized carbons (Fsp3) is 0.500. The lowest BCUT2D eigenvalue weighted by Gasteiger charge is -2.22. The Hall–Kier alpha value is -1.33. The van der Waals surface area contributed by atoms with Gasteiger partial charge < -0.3 is 5.11 Å². The van der Waals surface area contributed by atoms with Crippen molar-refractivity contribution in [3.05, 3.63) is 35.4 Å². The molecule has 0 saturated carbocycles.